The van der Waals surface area contributed by atoms with Gasteiger partial charge in [0.1, 0.15) is 17.5 Å². The number of hydrogen-bond donors (Lipinski definition) is 0. The number of nitriles is 1. The number of Topliss-reactive ketones (excluding diaryl/α,β-unsaturated/α-hetero) is 1. The molecule has 6 nitrogen and oxygen atoms in total. The van der Waals surface area contributed by atoms with E-state index >= 15 is 0 Å². The summed E-state index contributed by atoms with van der Waals surface area (Å²) in [6.07, 6.45) is 3.00. The highest BCUT2D eigenvalue weighted by atomic mass is 16.1. The van der Waals surface area contributed by atoms with Crippen molar-refractivity contribution in [3.63, 3.8) is 0 Å². The molecule has 1 fully saturated rings. The number of nitrogens with zero attached hydrogens (tertiary/aromatic N) is 5. The molecule has 0 spiro atoms. The molecule has 0 bridgehead atoms. The van der Waals surface area contributed by atoms with Crippen molar-refractivity contribution < 1.29 is 4.79 Å². The number of piperidine rings is 1. The molecule has 2 aromatic heterocycles. The Balaban J connectivity index is 1.97. The average Bonchev–Trinajstić information content (AvgIpc) is 2.85. The second-order valence-electron chi connectivity index (χ2n) is 7.68. The molecule has 3 heterocycles. The summed E-state index contributed by atoms with van der Waals surface area (Å²) in [6.45, 7) is 9.80. The topological polar surface area (TPSA) is 74.8 Å². The normalized spacial score (nSPS) is 16.5. The summed E-state index contributed by atoms with van der Waals surface area (Å²) < 4.78 is 2.20. The third-order valence-electron chi connectivity index (χ3n) is 4.25. The highest BCUT2D eigenvalue weighted by molar-refractivity contribution is 5.79. The van der Waals surface area contributed by atoms with Crippen LogP contribution in [0.2, 0.25) is 0 Å². The van der Waals surface area contributed by atoms with Crippen LogP contribution < -0.4 is 0 Å². The van der Waals surface area contributed by atoms with Gasteiger partial charge in [0.25, 0.3) is 0 Å². The monoisotopic (exact) mass is 325 g/mol. The van der Waals surface area contributed by atoms with Gasteiger partial charge < -0.3 is 4.57 Å². The largest absolute Gasteiger partial charge is 0.328 e. The van der Waals surface area contributed by atoms with Crippen LogP contribution in [0.3, 0.4) is 0 Å². The van der Waals surface area contributed by atoms with E-state index in [0.29, 0.717) is 18.6 Å². The van der Waals surface area contributed by atoms with Gasteiger partial charge in [-0.15, -0.1) is 0 Å². The molecule has 1 aliphatic rings. The molecule has 1 saturated heterocycles. The average molecular weight is 325 g/mol. The highest BCUT2D eigenvalue weighted by Gasteiger charge is 2.21. The molecule has 0 aromatic carbocycles. The Morgan fingerprint density at radius 2 is 2.00 bits per heavy atom. The molecule has 0 aliphatic carbocycles. The number of aromatic nitrogens is 3. The van der Waals surface area contributed by atoms with Crippen molar-refractivity contribution in [3.8, 4) is 6.07 Å². The van der Waals surface area contributed by atoms with E-state index in [1.54, 1.807) is 6.20 Å². The summed E-state index contributed by atoms with van der Waals surface area (Å²) in [5.41, 5.74) is 2.08. The second kappa shape index (κ2) is 6.33. The number of fused-ring (bicyclic) bond motifs is 1. The minimum absolute atomic E-state index is 0.0936. The maximum Gasteiger partial charge on any atom is 0.234 e. The van der Waals surface area contributed by atoms with Gasteiger partial charge in [-0.2, -0.15) is 5.26 Å². The SMILES string of the molecule is CC(C)(C)Cn1c(CN2CCC(=O)CC2)cc2cnc(C#N)nc21. The van der Waals surface area contributed by atoms with Crippen LogP contribution in [0.15, 0.2) is 12.3 Å². The summed E-state index contributed by atoms with van der Waals surface area (Å²) in [5.74, 6) is 0.553. The summed E-state index contributed by atoms with van der Waals surface area (Å²) in [4.78, 5) is 22.3. The third-order valence-corrected chi connectivity index (χ3v) is 4.25. The number of carbonyl (C=O) groups is 1. The molecule has 24 heavy (non-hydrogen) atoms. The lowest BCUT2D eigenvalue weighted by atomic mass is 9.97. The van der Waals surface area contributed by atoms with E-state index in [2.05, 4.69) is 46.3 Å². The molecule has 0 unspecified atom stereocenters. The molecule has 1 aliphatic heterocycles. The van der Waals surface area contributed by atoms with Crippen molar-refractivity contribution in [3.05, 3.63) is 23.8 Å². The molecule has 0 atom stereocenters. The minimum atomic E-state index is 0.0936. The molecule has 3 rings (SSSR count). The lowest BCUT2D eigenvalue weighted by molar-refractivity contribution is -0.121. The van der Waals surface area contributed by atoms with Gasteiger partial charge in [-0.05, 0) is 11.5 Å². The molecule has 0 amide bonds. The third kappa shape index (κ3) is 3.62. The van der Waals surface area contributed by atoms with E-state index in [-0.39, 0.29) is 11.2 Å². The predicted octanol–water partition coefficient (Wildman–Crippen LogP) is 2.51. The Morgan fingerprint density at radius 3 is 2.62 bits per heavy atom. The molecular formula is C18H23N5O. The van der Waals surface area contributed by atoms with Crippen molar-refractivity contribution in [1.29, 1.82) is 5.26 Å². The van der Waals surface area contributed by atoms with Crippen molar-refractivity contribution in [1.82, 2.24) is 19.4 Å². The molecular weight excluding hydrogens is 302 g/mol. The van der Waals surface area contributed by atoms with Gasteiger partial charge in [0.2, 0.25) is 5.82 Å². The zero-order chi connectivity index (χ0) is 17.3. The van der Waals surface area contributed by atoms with E-state index in [4.69, 9.17) is 5.26 Å². The van der Waals surface area contributed by atoms with E-state index in [1.165, 1.54) is 5.69 Å². The highest BCUT2D eigenvalue weighted by Crippen LogP contribution is 2.25. The first kappa shape index (κ1) is 16.6. The Morgan fingerprint density at radius 1 is 1.29 bits per heavy atom. The fourth-order valence-electron chi connectivity index (χ4n) is 3.12. The number of rotatable bonds is 3. The number of likely N-dealkylation sites (tertiary alicyclic amines) is 1. The van der Waals surface area contributed by atoms with Gasteiger partial charge >= 0.3 is 0 Å². The Kier molecular flexibility index (Phi) is 4.37. The quantitative estimate of drug-likeness (QED) is 0.867. The first-order valence-electron chi connectivity index (χ1n) is 8.35. The van der Waals surface area contributed by atoms with Crippen LogP contribution in [0.1, 0.15) is 45.1 Å². The smallest absolute Gasteiger partial charge is 0.234 e. The number of hydrogen-bond acceptors (Lipinski definition) is 5. The van der Waals surface area contributed by atoms with E-state index < -0.39 is 0 Å². The zero-order valence-electron chi connectivity index (χ0n) is 14.5. The standard InChI is InChI=1S/C18H23N5O/c1-18(2,3)12-23-14(11-22-6-4-15(24)5-7-22)8-13-10-20-16(9-19)21-17(13)23/h8,10H,4-7,11-12H2,1-3H3. The van der Waals surface area contributed by atoms with Crippen molar-refractivity contribution in [2.45, 2.75) is 46.7 Å². The molecule has 0 radical (unpaired) electrons. The molecule has 2 aromatic rings. The van der Waals surface area contributed by atoms with Gasteiger partial charge in [-0.3, -0.25) is 9.69 Å². The van der Waals surface area contributed by atoms with E-state index in [1.807, 2.05) is 6.07 Å². The summed E-state index contributed by atoms with van der Waals surface area (Å²) in [5, 5.41) is 10.0. The minimum Gasteiger partial charge on any atom is -0.328 e. The van der Waals surface area contributed by atoms with Crippen LogP contribution in [0.4, 0.5) is 0 Å². The van der Waals surface area contributed by atoms with Crippen molar-refractivity contribution in [2.24, 2.45) is 5.41 Å². The maximum absolute atomic E-state index is 11.4. The predicted molar refractivity (Wildman–Crippen MR) is 91.2 cm³/mol. The van der Waals surface area contributed by atoms with Crippen LogP contribution in [0, 0.1) is 16.7 Å². The van der Waals surface area contributed by atoms with Crippen LogP contribution >= 0.6 is 0 Å². The van der Waals surface area contributed by atoms with Gasteiger partial charge in [0, 0.05) is 56.3 Å². The van der Waals surface area contributed by atoms with Gasteiger partial charge in [-0.1, -0.05) is 20.8 Å². The Bertz CT molecular complexity index is 799. The fourth-order valence-corrected chi connectivity index (χ4v) is 3.12. The van der Waals surface area contributed by atoms with Crippen LogP contribution in [0.25, 0.3) is 11.0 Å². The lowest BCUT2D eigenvalue weighted by Gasteiger charge is -2.27. The Hall–Kier alpha value is -2.26. The lowest BCUT2D eigenvalue weighted by Crippen LogP contribution is -2.34. The van der Waals surface area contributed by atoms with Gasteiger partial charge in [-0.25, -0.2) is 9.97 Å². The fraction of sp³-hybridized carbons (Fsp3) is 0.556. The van der Waals surface area contributed by atoms with Crippen LogP contribution in [-0.2, 0) is 17.9 Å². The van der Waals surface area contributed by atoms with Crippen molar-refractivity contribution >= 4 is 16.8 Å². The maximum atomic E-state index is 11.4. The molecule has 126 valence electrons. The van der Waals surface area contributed by atoms with Gasteiger partial charge in [0.05, 0.1) is 0 Å². The number of ketones is 1. The summed E-state index contributed by atoms with van der Waals surface area (Å²) in [6, 6.07) is 4.13. The van der Waals surface area contributed by atoms with E-state index in [0.717, 1.165) is 37.2 Å². The van der Waals surface area contributed by atoms with Gasteiger partial charge in [0.15, 0.2) is 0 Å². The van der Waals surface area contributed by atoms with Crippen LogP contribution in [0.5, 0.6) is 0 Å². The first-order chi connectivity index (χ1) is 11.4. The second-order valence-corrected chi connectivity index (χ2v) is 7.68. The summed E-state index contributed by atoms with van der Waals surface area (Å²) in [7, 11) is 0. The molecule has 0 saturated carbocycles. The van der Waals surface area contributed by atoms with Crippen molar-refractivity contribution in [2.75, 3.05) is 13.1 Å². The first-order valence-corrected chi connectivity index (χ1v) is 8.35. The molecule has 0 N–H and O–H groups in total. The zero-order valence-corrected chi connectivity index (χ0v) is 14.5. The number of carbonyl (C=O) groups excluding carboxylic acids is 1. The Labute approximate surface area is 142 Å². The van der Waals surface area contributed by atoms with Crippen LogP contribution in [-0.4, -0.2) is 38.3 Å². The summed E-state index contributed by atoms with van der Waals surface area (Å²) >= 11 is 0. The van der Waals surface area contributed by atoms with E-state index in [9.17, 15) is 4.79 Å². The molecule has 6 heteroatoms.